The quantitative estimate of drug-likeness (QED) is 0.823. The third-order valence-electron chi connectivity index (χ3n) is 2.83. The molecule has 22 heavy (non-hydrogen) atoms. The van der Waals surface area contributed by atoms with Crippen molar-refractivity contribution >= 4 is 29.2 Å². The number of benzene rings is 1. The van der Waals surface area contributed by atoms with Gasteiger partial charge in [0.1, 0.15) is 0 Å². The van der Waals surface area contributed by atoms with E-state index in [0.29, 0.717) is 23.6 Å². The highest BCUT2D eigenvalue weighted by Crippen LogP contribution is 2.16. The highest BCUT2D eigenvalue weighted by molar-refractivity contribution is 5.90. The first-order valence-electron chi connectivity index (χ1n) is 6.71. The summed E-state index contributed by atoms with van der Waals surface area (Å²) in [6.45, 7) is 1.76. The number of hydrogen-bond donors (Lipinski definition) is 2. The Balaban J connectivity index is 2.01. The lowest BCUT2D eigenvalue weighted by Gasteiger charge is -2.07. The van der Waals surface area contributed by atoms with Gasteiger partial charge in [-0.25, -0.2) is 4.79 Å². The first kappa shape index (κ1) is 15.4. The Kier molecular flexibility index (Phi) is 5.02. The van der Waals surface area contributed by atoms with Crippen LogP contribution in [0.15, 0.2) is 36.4 Å². The van der Waals surface area contributed by atoms with E-state index in [1.807, 2.05) is 0 Å². The summed E-state index contributed by atoms with van der Waals surface area (Å²) < 4.78 is 4.63. The third-order valence-corrected chi connectivity index (χ3v) is 2.83. The van der Waals surface area contributed by atoms with E-state index >= 15 is 0 Å². The molecule has 114 valence electrons. The van der Waals surface area contributed by atoms with Gasteiger partial charge in [0, 0.05) is 12.1 Å². The van der Waals surface area contributed by atoms with E-state index in [9.17, 15) is 9.59 Å². The fourth-order valence-electron chi connectivity index (χ4n) is 1.65. The molecule has 1 amide bonds. The Morgan fingerprint density at radius 1 is 1.05 bits per heavy atom. The molecule has 1 aromatic carbocycles. The number of nitrogens with one attached hydrogen (secondary N) is 2. The van der Waals surface area contributed by atoms with Crippen LogP contribution in [0.25, 0.3) is 0 Å². The van der Waals surface area contributed by atoms with Crippen molar-refractivity contribution in [2.45, 2.75) is 13.3 Å². The lowest BCUT2D eigenvalue weighted by Crippen LogP contribution is -2.11. The second-order valence-electron chi connectivity index (χ2n) is 4.40. The van der Waals surface area contributed by atoms with Gasteiger partial charge >= 0.3 is 5.97 Å². The predicted octanol–water partition coefficient (Wildman–Crippen LogP) is 2.36. The summed E-state index contributed by atoms with van der Waals surface area (Å²) in [6.07, 6.45) is 0.383. The van der Waals surface area contributed by atoms with Gasteiger partial charge in [-0.05, 0) is 36.4 Å². The van der Waals surface area contributed by atoms with E-state index in [1.54, 1.807) is 43.3 Å². The van der Waals surface area contributed by atoms with Crippen LogP contribution in [0.5, 0.6) is 0 Å². The lowest BCUT2D eigenvalue weighted by molar-refractivity contribution is -0.115. The summed E-state index contributed by atoms with van der Waals surface area (Å²) >= 11 is 0. The molecule has 1 aromatic heterocycles. The van der Waals surface area contributed by atoms with Crippen LogP contribution in [0, 0.1) is 0 Å². The van der Waals surface area contributed by atoms with Crippen molar-refractivity contribution < 1.29 is 14.3 Å². The molecule has 0 atom stereocenters. The molecule has 1 heterocycles. The minimum atomic E-state index is -0.387. The molecule has 0 saturated carbocycles. The van der Waals surface area contributed by atoms with Gasteiger partial charge in [-0.1, -0.05) is 6.92 Å². The Hall–Kier alpha value is -2.96. The molecule has 7 nitrogen and oxygen atoms in total. The minimum Gasteiger partial charge on any atom is -0.465 e. The number of hydrogen-bond acceptors (Lipinski definition) is 6. The normalized spacial score (nSPS) is 9.91. The molecule has 2 rings (SSSR count). The van der Waals surface area contributed by atoms with Crippen LogP contribution in [-0.2, 0) is 9.53 Å². The zero-order chi connectivity index (χ0) is 15.9. The van der Waals surface area contributed by atoms with Gasteiger partial charge < -0.3 is 15.4 Å². The molecule has 0 radical (unpaired) electrons. The smallest absolute Gasteiger partial charge is 0.337 e. The molecule has 0 spiro atoms. The van der Waals surface area contributed by atoms with Gasteiger partial charge in [0.25, 0.3) is 0 Å². The molecule has 0 aliphatic heterocycles. The van der Waals surface area contributed by atoms with E-state index in [0.717, 1.165) is 5.69 Å². The maximum absolute atomic E-state index is 11.3. The molecule has 0 bridgehead atoms. The molecular weight excluding hydrogens is 284 g/mol. The fourth-order valence-corrected chi connectivity index (χ4v) is 1.65. The Labute approximate surface area is 127 Å². The van der Waals surface area contributed by atoms with Gasteiger partial charge in [0.15, 0.2) is 11.6 Å². The zero-order valence-corrected chi connectivity index (χ0v) is 12.3. The largest absolute Gasteiger partial charge is 0.465 e. The second-order valence-corrected chi connectivity index (χ2v) is 4.40. The fraction of sp³-hybridized carbons (Fsp3) is 0.200. The van der Waals surface area contributed by atoms with Crippen molar-refractivity contribution in [3.63, 3.8) is 0 Å². The van der Waals surface area contributed by atoms with Gasteiger partial charge in [0.05, 0.1) is 12.7 Å². The molecule has 0 unspecified atom stereocenters. The number of ether oxygens (including phenoxy) is 1. The van der Waals surface area contributed by atoms with Crippen LogP contribution < -0.4 is 10.6 Å². The summed E-state index contributed by atoms with van der Waals surface area (Å²) in [7, 11) is 1.34. The first-order valence-corrected chi connectivity index (χ1v) is 6.71. The number of esters is 1. The van der Waals surface area contributed by atoms with E-state index in [4.69, 9.17) is 0 Å². The minimum absolute atomic E-state index is 0.117. The van der Waals surface area contributed by atoms with Crippen molar-refractivity contribution in [1.29, 1.82) is 0 Å². The molecule has 2 N–H and O–H groups in total. The van der Waals surface area contributed by atoms with Crippen LogP contribution >= 0.6 is 0 Å². The van der Waals surface area contributed by atoms with Gasteiger partial charge in [-0.2, -0.15) is 0 Å². The van der Waals surface area contributed by atoms with Crippen molar-refractivity contribution in [1.82, 2.24) is 10.2 Å². The van der Waals surface area contributed by atoms with E-state index in [1.165, 1.54) is 7.11 Å². The average molecular weight is 300 g/mol. The number of carbonyl (C=O) groups excluding carboxylic acids is 2. The number of methoxy groups -OCH3 is 1. The monoisotopic (exact) mass is 300 g/mol. The Morgan fingerprint density at radius 2 is 1.68 bits per heavy atom. The Bertz CT molecular complexity index is 653. The first-order chi connectivity index (χ1) is 10.6. The molecule has 0 fully saturated rings. The number of rotatable bonds is 5. The van der Waals surface area contributed by atoms with Crippen LogP contribution in [-0.4, -0.2) is 29.2 Å². The van der Waals surface area contributed by atoms with Crippen molar-refractivity contribution in [2.75, 3.05) is 17.7 Å². The number of anilines is 3. The topological polar surface area (TPSA) is 93.2 Å². The second kappa shape index (κ2) is 7.16. The van der Waals surface area contributed by atoms with Crippen LogP contribution in [0.4, 0.5) is 17.3 Å². The summed E-state index contributed by atoms with van der Waals surface area (Å²) in [6, 6.07) is 10.1. The molecular formula is C15H16N4O3. The third kappa shape index (κ3) is 4.02. The highest BCUT2D eigenvalue weighted by atomic mass is 16.5. The van der Waals surface area contributed by atoms with Crippen molar-refractivity contribution in [3.05, 3.63) is 42.0 Å². The van der Waals surface area contributed by atoms with E-state index < -0.39 is 0 Å². The predicted molar refractivity (Wildman–Crippen MR) is 82.0 cm³/mol. The molecule has 0 aliphatic rings. The number of amides is 1. The number of aromatic nitrogens is 2. The highest BCUT2D eigenvalue weighted by Gasteiger charge is 2.05. The summed E-state index contributed by atoms with van der Waals surface area (Å²) in [4.78, 5) is 22.6. The SMILES string of the molecule is CCC(=O)Nc1ccc(Nc2ccc(C(=O)OC)cc2)nn1. The summed E-state index contributed by atoms with van der Waals surface area (Å²) in [5.41, 5.74) is 1.23. The maximum atomic E-state index is 11.3. The van der Waals surface area contributed by atoms with Crippen molar-refractivity contribution in [3.8, 4) is 0 Å². The molecule has 7 heteroatoms. The summed E-state index contributed by atoms with van der Waals surface area (Å²) in [5.74, 6) is 0.425. The Morgan fingerprint density at radius 3 is 2.23 bits per heavy atom. The molecule has 2 aromatic rings. The van der Waals surface area contributed by atoms with Gasteiger partial charge in [-0.15, -0.1) is 10.2 Å². The number of nitrogens with zero attached hydrogens (tertiary/aromatic N) is 2. The molecule has 0 saturated heterocycles. The van der Waals surface area contributed by atoms with E-state index in [2.05, 4.69) is 25.6 Å². The van der Waals surface area contributed by atoms with Crippen LogP contribution in [0.2, 0.25) is 0 Å². The van der Waals surface area contributed by atoms with E-state index in [-0.39, 0.29) is 11.9 Å². The van der Waals surface area contributed by atoms with Crippen LogP contribution in [0.3, 0.4) is 0 Å². The lowest BCUT2D eigenvalue weighted by atomic mass is 10.2. The standard InChI is InChI=1S/C15H16N4O3/c1-3-14(20)17-13-9-8-12(18-19-13)16-11-6-4-10(5-7-11)15(21)22-2/h4-9H,3H2,1-2H3,(H,16,18)(H,17,19,20). The van der Waals surface area contributed by atoms with Crippen molar-refractivity contribution in [2.24, 2.45) is 0 Å². The number of carbonyl (C=O) groups is 2. The van der Waals surface area contributed by atoms with Crippen LogP contribution in [0.1, 0.15) is 23.7 Å². The zero-order valence-electron chi connectivity index (χ0n) is 12.3. The molecule has 0 aliphatic carbocycles. The van der Waals surface area contributed by atoms with Gasteiger partial charge in [-0.3, -0.25) is 4.79 Å². The maximum Gasteiger partial charge on any atom is 0.337 e. The van der Waals surface area contributed by atoms with Gasteiger partial charge in [0.2, 0.25) is 5.91 Å². The summed E-state index contributed by atoms with van der Waals surface area (Å²) in [5, 5.41) is 13.5. The average Bonchev–Trinajstić information content (AvgIpc) is 2.56.